The molecule has 2 aromatic rings. The number of hydrogen-bond acceptors (Lipinski definition) is 1. The Hall–Kier alpha value is -0.400. The van der Waals surface area contributed by atoms with Crippen LogP contribution in [-0.4, -0.2) is 4.98 Å². The van der Waals surface area contributed by atoms with Gasteiger partial charge in [-0.05, 0) is 0 Å². The van der Waals surface area contributed by atoms with E-state index in [0.717, 1.165) is 3.67 Å². The number of rotatable bonds is 3. The normalized spacial score (nSPS) is 18.5. The first-order valence-corrected chi connectivity index (χ1v) is 12.2. The van der Waals surface area contributed by atoms with Gasteiger partial charge in [0.25, 0.3) is 0 Å². The fourth-order valence-corrected chi connectivity index (χ4v) is 11.7. The number of fused-ring (bicyclic) bond motifs is 1. The zero-order valence-electron chi connectivity index (χ0n) is 11.8. The number of aromatic nitrogens is 1. The molecule has 0 saturated carbocycles. The molecule has 0 bridgehead atoms. The average molecular weight is 513 g/mol. The Morgan fingerprint density at radius 2 is 2.05 bits per heavy atom. The van der Waals surface area contributed by atoms with E-state index in [1.54, 1.807) is 14.2 Å². The zero-order chi connectivity index (χ0) is 13.4. The maximum absolute atomic E-state index is 4.32. The minimum atomic E-state index is -0.844. The maximum Gasteiger partial charge on any atom is -1.00 e. The van der Waals surface area contributed by atoms with Gasteiger partial charge in [-0.2, -0.15) is 0 Å². The summed E-state index contributed by atoms with van der Waals surface area (Å²) in [6.45, 7) is 0. The number of benzene rings is 1. The third-order valence-corrected chi connectivity index (χ3v) is 12.4. The Morgan fingerprint density at radius 1 is 1.18 bits per heavy atom. The Labute approximate surface area is 155 Å². The minimum absolute atomic E-state index is 0. The molecule has 2 unspecified atom stereocenters. The molecule has 0 radical (unpaired) electrons. The number of hydrogen-bond donors (Lipinski definition) is 0. The summed E-state index contributed by atoms with van der Waals surface area (Å²) in [4.78, 5) is 4.32. The number of halogens is 2. The van der Waals surface area contributed by atoms with Gasteiger partial charge in [0.1, 0.15) is 0 Å². The van der Waals surface area contributed by atoms with Crippen LogP contribution in [0.4, 0.5) is 0 Å². The van der Waals surface area contributed by atoms with Gasteiger partial charge in [0.05, 0.1) is 0 Å². The van der Waals surface area contributed by atoms with Crippen molar-refractivity contribution < 1.29 is 47.7 Å². The van der Waals surface area contributed by atoms with Crippen LogP contribution in [0, 0.1) is 0 Å². The van der Waals surface area contributed by atoms with E-state index in [1.165, 1.54) is 12.0 Å². The maximum atomic E-state index is 4.32. The summed E-state index contributed by atoms with van der Waals surface area (Å²) in [5.74, 6) is 4.45. The largest absolute Gasteiger partial charge is 1.00 e. The minimum Gasteiger partial charge on any atom is -1.00 e. The molecule has 1 aromatic carbocycles. The molecule has 2 atom stereocenters. The van der Waals surface area contributed by atoms with Gasteiger partial charge in [-0.3, -0.25) is 0 Å². The molecule has 2 aliphatic rings. The van der Waals surface area contributed by atoms with Crippen molar-refractivity contribution in [1.82, 2.24) is 4.98 Å². The van der Waals surface area contributed by atoms with E-state index in [0.29, 0.717) is 0 Å². The molecule has 2 aliphatic carbocycles. The van der Waals surface area contributed by atoms with E-state index >= 15 is 0 Å². The van der Waals surface area contributed by atoms with Gasteiger partial charge in [0, 0.05) is 0 Å². The van der Waals surface area contributed by atoms with Crippen molar-refractivity contribution in [2.24, 2.45) is 0 Å². The third-order valence-electron chi connectivity index (χ3n) is 3.81. The SMILES string of the molecule is C1=CC[C]([Hf+2][CH]2C(p3ccnc3)=Cc3ccccc32)=C1.[Cl-].[Cl-]. The first-order valence-electron chi connectivity index (χ1n) is 6.83. The van der Waals surface area contributed by atoms with Gasteiger partial charge in [0.15, 0.2) is 0 Å². The van der Waals surface area contributed by atoms with Crippen molar-refractivity contribution in [3.8, 4) is 0 Å². The van der Waals surface area contributed by atoms with E-state index in [9.17, 15) is 0 Å². The molecule has 4 rings (SSSR count). The molecule has 0 spiro atoms. The summed E-state index contributed by atoms with van der Waals surface area (Å²) in [7, 11) is -0.262. The van der Waals surface area contributed by atoms with Crippen molar-refractivity contribution in [2.45, 2.75) is 10.1 Å². The van der Waals surface area contributed by atoms with Crippen LogP contribution in [0.25, 0.3) is 11.4 Å². The van der Waals surface area contributed by atoms with Crippen LogP contribution in [0.5, 0.6) is 0 Å². The second kappa shape index (κ2) is 7.93. The van der Waals surface area contributed by atoms with Crippen LogP contribution in [0.15, 0.2) is 63.7 Å². The molecule has 5 heteroatoms. The van der Waals surface area contributed by atoms with E-state index in [4.69, 9.17) is 0 Å². The number of allylic oxidation sites excluding steroid dienone is 5. The van der Waals surface area contributed by atoms with Gasteiger partial charge >= 0.3 is 132 Å². The smallest absolute Gasteiger partial charge is 1.00 e. The molecule has 0 amide bonds. The summed E-state index contributed by atoms with van der Waals surface area (Å²) >= 11 is -0.844. The van der Waals surface area contributed by atoms with Crippen LogP contribution in [0.3, 0.4) is 0 Å². The zero-order valence-corrected chi connectivity index (χ0v) is 17.8. The fraction of sp³-hybridized carbons (Fsp3) is 0.118. The van der Waals surface area contributed by atoms with Crippen molar-refractivity contribution in [3.05, 3.63) is 74.9 Å². The quantitative estimate of drug-likeness (QED) is 0.484. The van der Waals surface area contributed by atoms with Crippen molar-refractivity contribution in [3.63, 3.8) is 0 Å². The predicted octanol–water partition coefficient (Wildman–Crippen LogP) is -0.945. The summed E-state index contributed by atoms with van der Waals surface area (Å²) in [6.07, 6.45) is 12.5. The molecule has 1 heterocycles. The van der Waals surface area contributed by atoms with E-state index in [1.807, 2.05) is 6.20 Å². The molecule has 1 nitrogen and oxygen atoms in total. The van der Waals surface area contributed by atoms with Gasteiger partial charge in [-0.25, -0.2) is 0 Å². The third kappa shape index (κ3) is 3.41. The summed E-state index contributed by atoms with van der Waals surface area (Å²) in [6, 6.07) is 8.96. The summed E-state index contributed by atoms with van der Waals surface area (Å²) in [5.41, 5.74) is 3.03. The molecule has 0 saturated heterocycles. The van der Waals surface area contributed by atoms with Crippen LogP contribution in [0.2, 0.25) is 0 Å². The topological polar surface area (TPSA) is 12.9 Å². The average Bonchev–Trinajstić information content (AvgIpc) is 3.19. The molecule has 0 fully saturated rings. The Balaban J connectivity index is 0.000000882. The first-order chi connectivity index (χ1) is 9.92. The molecule has 0 aliphatic heterocycles. The van der Waals surface area contributed by atoms with E-state index in [-0.39, 0.29) is 32.3 Å². The molecule has 0 N–H and O–H groups in total. The Bertz CT molecular complexity index is 735. The predicted molar refractivity (Wildman–Crippen MR) is 82.1 cm³/mol. The second-order valence-electron chi connectivity index (χ2n) is 5.07. The molecule has 110 valence electrons. The van der Waals surface area contributed by atoms with Crippen LogP contribution < -0.4 is 24.8 Å². The molecule has 22 heavy (non-hydrogen) atoms. The fourth-order valence-electron chi connectivity index (χ4n) is 2.83. The standard InChI is InChI=1S/C12H9NP.C5H5.2ClH.Hf/c1-2-4-11-8-12(7-10(11)3-1)14-6-5-13-9-14;1-2-4-5-3-1;;;/h1-9H;1-3H,4H2;2*1H;/q;;;;+2/p-2. The van der Waals surface area contributed by atoms with Gasteiger partial charge in [-0.15, -0.1) is 0 Å². The van der Waals surface area contributed by atoms with Crippen molar-refractivity contribution >= 4 is 18.9 Å². The van der Waals surface area contributed by atoms with Crippen LogP contribution in [0.1, 0.15) is 21.2 Å². The monoisotopic (exact) mass is 513 g/mol. The van der Waals surface area contributed by atoms with Crippen molar-refractivity contribution in [1.29, 1.82) is 0 Å². The first kappa shape index (κ1) is 17.9. The second-order valence-corrected chi connectivity index (χ2v) is 12.3. The van der Waals surface area contributed by atoms with Gasteiger partial charge in [-0.1, -0.05) is 0 Å². The number of nitrogens with zero attached hydrogens (tertiary/aromatic N) is 1. The van der Waals surface area contributed by atoms with E-state index in [2.05, 4.69) is 65.3 Å². The van der Waals surface area contributed by atoms with Crippen LogP contribution >= 0.6 is 7.53 Å². The molecular formula is C17H14Cl2HfNP. The summed E-state index contributed by atoms with van der Waals surface area (Å²) < 4.78 is 2.48. The van der Waals surface area contributed by atoms with E-state index < -0.39 is 22.9 Å². The van der Waals surface area contributed by atoms with Gasteiger partial charge in [0.2, 0.25) is 0 Å². The Kier molecular flexibility index (Phi) is 6.46. The molecular weight excluding hydrogens is 499 g/mol. The van der Waals surface area contributed by atoms with Crippen molar-refractivity contribution in [2.75, 3.05) is 0 Å². The van der Waals surface area contributed by atoms with Gasteiger partial charge < -0.3 is 24.8 Å². The Morgan fingerprint density at radius 3 is 2.77 bits per heavy atom. The van der Waals surface area contributed by atoms with Crippen LogP contribution in [-0.2, 0) is 22.9 Å². The summed E-state index contributed by atoms with van der Waals surface area (Å²) in [5, 5.41) is 1.65. The molecule has 1 aromatic heterocycles.